The van der Waals surface area contributed by atoms with Crippen molar-refractivity contribution in [1.29, 1.82) is 0 Å². The van der Waals surface area contributed by atoms with E-state index in [-0.39, 0.29) is 148 Å². The van der Waals surface area contributed by atoms with E-state index in [9.17, 15) is 82.8 Å². The van der Waals surface area contributed by atoms with Crippen molar-refractivity contribution in [2.45, 2.75) is 413 Å². The summed E-state index contributed by atoms with van der Waals surface area (Å²) in [5.74, 6) is -3.56. The van der Waals surface area contributed by atoms with Gasteiger partial charge >= 0.3 is 53.7 Å². The topological polar surface area (TPSA) is 447 Å². The summed E-state index contributed by atoms with van der Waals surface area (Å²) in [5.41, 5.74) is 18.4. The largest absolute Gasteiger partial charge is 0.481 e. The highest BCUT2D eigenvalue weighted by Crippen LogP contribution is 2.64. The van der Waals surface area contributed by atoms with Crippen molar-refractivity contribution in [2.75, 3.05) is 13.2 Å². The summed E-state index contributed by atoms with van der Waals surface area (Å²) in [6, 6.07) is 21.3. The zero-order valence-corrected chi connectivity index (χ0v) is 91.8. The highest BCUT2D eigenvalue weighted by Gasteiger charge is 2.61. The van der Waals surface area contributed by atoms with E-state index in [1.54, 1.807) is 0 Å². The monoisotopic (exact) mass is 2050 g/mol. The first-order valence-electron chi connectivity index (χ1n) is 54.5. The summed E-state index contributed by atoms with van der Waals surface area (Å²) < 4.78 is 5.43. The zero-order chi connectivity index (χ0) is 111. The molecule has 15 unspecified atom stereocenters. The number of esters is 1. The molecule has 9 N–H and O–H groups in total. The van der Waals surface area contributed by atoms with Crippen molar-refractivity contribution in [3.63, 3.8) is 0 Å². The average Bonchev–Trinajstić information content (AvgIpc) is 0.724. The molecule has 0 aromatic heterocycles. The second kappa shape index (κ2) is 48.5. The lowest BCUT2D eigenvalue weighted by Crippen LogP contribution is -2.52. The molecule has 149 heavy (non-hydrogen) atoms. The molecule has 0 heterocycles. The van der Waals surface area contributed by atoms with E-state index >= 15 is 0 Å². The lowest BCUT2D eigenvalue weighted by atomic mass is 9.49. The number of fused-ring (bicyclic) bond motifs is 15. The lowest BCUT2D eigenvalue weighted by Gasteiger charge is -2.53. The number of carboxylic acids is 8. The third kappa shape index (κ3) is 24.9. The van der Waals surface area contributed by atoms with Crippen LogP contribution in [0.15, 0.2) is 78.5 Å². The number of aliphatic hydroxyl groups is 1. The molecule has 15 rings (SSSR count). The van der Waals surface area contributed by atoms with E-state index < -0.39 is 69.4 Å². The predicted octanol–water partition coefficient (Wildman–Crippen LogP) is 24.3. The SMILES string of the molecule is CC(C)c1cc2c(cc1C(=O)/C=C/C(=O)O)C1(C)CCCC(C)(C(=O)O)C1CC2.CC(C)c1cc2c(cc1C(=O)CCC(=O)O)C1(C)CCCC(C)(C(=O)O)C1CC2.CC(C)c1cc2c(cc1C(=O)CCCC(=O)O)C1(C)CCCC(C)(C(=O)O)C1CC2.CC(C)c1cc2c(cc1C(=O)OCCCO)C1(C)CCCC(C)(C=O)C1CC2.CC(C)c1cc2c(cc1CCCC(=O)O)C1(C)CCCC(C)(C(=O)O)C1CC2.O=C=C=C=O. The molecule has 5 saturated carbocycles. The van der Waals surface area contributed by atoms with Crippen molar-refractivity contribution >= 4 is 89.2 Å². The van der Waals surface area contributed by atoms with Gasteiger partial charge in [-0.15, -0.1) is 0 Å². The molecule has 5 aromatic carbocycles. The molecule has 10 aliphatic carbocycles. The van der Waals surface area contributed by atoms with Gasteiger partial charge in [-0.3, -0.25) is 47.9 Å². The Morgan fingerprint density at radius 2 is 0.651 bits per heavy atom. The van der Waals surface area contributed by atoms with Crippen LogP contribution in [-0.4, -0.2) is 148 Å². The number of ketones is 3. The zero-order valence-electron chi connectivity index (χ0n) is 91.8. The Hall–Kier alpha value is -11.4. The third-order valence-electron chi connectivity index (χ3n) is 37.4. The Balaban J connectivity index is 0.000000188. The molecular formula is C124H164O25. The Kier molecular flexibility index (Phi) is 38.9. The molecule has 810 valence electrons. The minimum absolute atomic E-state index is 0.00900. The summed E-state index contributed by atoms with van der Waals surface area (Å²) in [6.45, 7) is 41.9. The molecule has 5 aromatic rings. The number of ether oxygens (including phenoxy) is 1. The molecule has 0 aliphatic heterocycles. The number of allylic oxidation sites excluding steroid dienone is 1. The molecule has 0 saturated heterocycles. The fourth-order valence-electron chi connectivity index (χ4n) is 29.4. The van der Waals surface area contributed by atoms with Crippen LogP contribution in [0.2, 0.25) is 0 Å². The van der Waals surface area contributed by atoms with Crippen molar-refractivity contribution in [3.05, 3.63) is 190 Å². The number of aliphatic carboxylic acids is 8. The molecular weight excluding hydrogens is 1890 g/mol. The van der Waals surface area contributed by atoms with Crippen molar-refractivity contribution in [2.24, 2.45) is 56.7 Å². The lowest BCUT2D eigenvalue weighted by molar-refractivity contribution is -0.158. The Bertz CT molecular complexity index is 6050. The van der Waals surface area contributed by atoms with Gasteiger partial charge in [-0.2, -0.15) is 0 Å². The number of aryl methyl sites for hydroxylation is 6. The Morgan fingerprint density at radius 1 is 0.349 bits per heavy atom. The van der Waals surface area contributed by atoms with E-state index in [0.717, 1.165) is 211 Å². The predicted molar refractivity (Wildman–Crippen MR) is 570 cm³/mol. The Labute approximate surface area is 880 Å². The summed E-state index contributed by atoms with van der Waals surface area (Å²) >= 11 is 0. The van der Waals surface area contributed by atoms with Gasteiger partial charge in [0, 0.05) is 66.9 Å². The number of hydrogen-bond acceptors (Lipinski definition) is 17. The summed E-state index contributed by atoms with van der Waals surface area (Å²) in [7, 11) is 0. The maximum absolute atomic E-state index is 13.1. The van der Waals surface area contributed by atoms with Gasteiger partial charge in [-0.05, 0) is 381 Å². The first-order valence-corrected chi connectivity index (χ1v) is 54.5. The summed E-state index contributed by atoms with van der Waals surface area (Å²) in [6.07, 6.45) is 27.5. The number of rotatable bonds is 30. The summed E-state index contributed by atoms with van der Waals surface area (Å²) in [4.78, 5) is 174. The van der Waals surface area contributed by atoms with E-state index in [1.165, 1.54) is 62.1 Å². The van der Waals surface area contributed by atoms with Gasteiger partial charge < -0.3 is 55.5 Å². The van der Waals surface area contributed by atoms with E-state index in [2.05, 4.69) is 126 Å². The molecule has 5 fully saturated rings. The maximum Gasteiger partial charge on any atom is 0.338 e. The quantitative estimate of drug-likeness (QED) is 0.00392. The number of carbonyl (C=O) groups is 13. The number of benzene rings is 5. The fraction of sp³-hybridized carbons (Fsp3) is 0.613. The van der Waals surface area contributed by atoms with Crippen LogP contribution in [0.5, 0.6) is 0 Å². The highest BCUT2D eigenvalue weighted by molar-refractivity contribution is 6.08. The maximum atomic E-state index is 13.1. The molecule has 25 nitrogen and oxygen atoms in total. The number of aliphatic hydroxyl groups excluding tert-OH is 1. The van der Waals surface area contributed by atoms with Gasteiger partial charge in [0.15, 0.2) is 29.2 Å². The van der Waals surface area contributed by atoms with Crippen LogP contribution in [0.4, 0.5) is 0 Å². The highest BCUT2D eigenvalue weighted by atomic mass is 16.5. The van der Waals surface area contributed by atoms with Crippen LogP contribution < -0.4 is 0 Å². The molecule has 0 spiro atoms. The van der Waals surface area contributed by atoms with Gasteiger partial charge in [0.2, 0.25) is 0 Å². The van der Waals surface area contributed by atoms with Crippen LogP contribution >= 0.6 is 0 Å². The smallest absolute Gasteiger partial charge is 0.338 e. The van der Waals surface area contributed by atoms with Crippen molar-refractivity contribution in [1.82, 2.24) is 0 Å². The molecule has 25 heteroatoms. The minimum Gasteiger partial charge on any atom is -0.481 e. The number of Topliss-reactive ketones (excluding diaryl/α,β-unsaturated/α-hetero) is 2. The second-order valence-corrected chi connectivity index (χ2v) is 48.5. The number of hydrogen-bond donors (Lipinski definition) is 9. The fourth-order valence-corrected chi connectivity index (χ4v) is 29.4. The second-order valence-electron chi connectivity index (χ2n) is 48.5. The van der Waals surface area contributed by atoms with E-state index in [1.807, 2.05) is 73.6 Å². The average molecular weight is 2050 g/mol. The van der Waals surface area contributed by atoms with Gasteiger partial charge in [-0.25, -0.2) is 19.2 Å². The number of carboxylic acid groups (broad SMARTS) is 8. The normalized spacial score (nSPS) is 27.9. The van der Waals surface area contributed by atoms with Crippen LogP contribution in [0.25, 0.3) is 0 Å². The van der Waals surface area contributed by atoms with E-state index in [4.69, 9.17) is 39.9 Å². The van der Waals surface area contributed by atoms with Crippen molar-refractivity contribution < 1.29 is 123 Å². The molecule has 10 aliphatic rings. The molecule has 15 atom stereocenters. The van der Waals surface area contributed by atoms with Gasteiger partial charge in [-0.1, -0.05) is 179 Å². The summed E-state index contributed by atoms with van der Waals surface area (Å²) in [5, 5.41) is 84.7. The van der Waals surface area contributed by atoms with Gasteiger partial charge in [0.1, 0.15) is 6.29 Å². The Morgan fingerprint density at radius 3 is 0.973 bits per heavy atom. The van der Waals surface area contributed by atoms with Gasteiger partial charge in [0.25, 0.3) is 0 Å². The van der Waals surface area contributed by atoms with E-state index in [0.29, 0.717) is 72.6 Å². The number of aldehydes is 1. The van der Waals surface area contributed by atoms with Crippen LogP contribution in [0.1, 0.15) is 478 Å². The molecule has 0 amide bonds. The first-order chi connectivity index (χ1) is 69.8. The number of carbonyl (C=O) groups excluding carboxylic acids is 7. The van der Waals surface area contributed by atoms with Crippen LogP contribution in [-0.2, 0) is 123 Å². The molecule has 0 radical (unpaired) electrons. The van der Waals surface area contributed by atoms with Crippen molar-refractivity contribution in [3.8, 4) is 0 Å². The van der Waals surface area contributed by atoms with Crippen LogP contribution in [0, 0.1) is 56.7 Å². The minimum atomic E-state index is -1.15. The first kappa shape index (κ1) is 120. The third-order valence-corrected chi connectivity index (χ3v) is 37.4. The van der Waals surface area contributed by atoms with Crippen LogP contribution in [0.3, 0.4) is 0 Å². The molecule has 0 bridgehead atoms. The standard InChI is InChI=1S/C25H34O5.C24H32O5.C24H30O5.2C24H34O4.C3O2/c1-15(2)17-13-16-9-10-21-24(3,11-6-12-25(21,4)23(29)30)19(16)14-18(17)20(26)7-5-8-22(27)28;2*1-14(2)16-12-15-6-8-20-23(3,10-5-11-24(20,4)22(28)29)18(15)13-17(16)19(25)7-9-21(26)27;1-16(2)18-13-17-7-8-21-23(3,15-26)9-5-10-24(21,4)20(17)14-19(18)22(27)28-12-6-11-25;1-15(2)18-13-17-9-10-20-23(3,11-6-12-24(20,4)22(27)28)19(17)14-16(18)7-5-8-21(25)26;4-2-1-3-5/h13-15,21H,5-12H2,1-4H3,(H,27,28)(H,29,30);12-14,20H,5-11H2,1-4H3,(H,26,27)(H,28,29);7,9,12-14,20H,5-6,8,10-11H2,1-4H3,(H,26,27)(H,28,29);13-16,21,25H,5-12H2,1-4H3;13-15,20H,5-12H2,1-4H3,(H,25,26)(H,27,28);/b;;9-7+;;;. The van der Waals surface area contributed by atoms with Gasteiger partial charge in [0.05, 0.1) is 46.0 Å².